The lowest BCUT2D eigenvalue weighted by atomic mass is 10.4. The minimum Gasteiger partial charge on any atom is -0.368 e. The summed E-state index contributed by atoms with van der Waals surface area (Å²) in [5.74, 6) is 0.790. The van der Waals surface area contributed by atoms with Gasteiger partial charge in [0.1, 0.15) is 11.8 Å². The Hall–Kier alpha value is -2.44. The molecule has 7 heteroatoms. The second-order valence-corrected chi connectivity index (χ2v) is 3.87. The average Bonchev–Trinajstić information content (AvgIpc) is 3.05. The molecule has 0 saturated carbocycles. The summed E-state index contributed by atoms with van der Waals surface area (Å²) in [5, 5.41) is 7.42. The van der Waals surface area contributed by atoms with Crippen LogP contribution in [0.3, 0.4) is 0 Å². The summed E-state index contributed by atoms with van der Waals surface area (Å²) in [5.41, 5.74) is 1.52. The Kier molecular flexibility index (Phi) is 2.87. The van der Waals surface area contributed by atoms with Crippen molar-refractivity contribution in [2.75, 3.05) is 11.9 Å². The van der Waals surface area contributed by atoms with E-state index in [-0.39, 0.29) is 0 Å². The molecule has 3 heterocycles. The van der Waals surface area contributed by atoms with Crippen LogP contribution in [0.1, 0.15) is 6.42 Å². The molecule has 3 rings (SSSR count). The zero-order valence-electron chi connectivity index (χ0n) is 9.74. The molecule has 0 spiro atoms. The highest BCUT2D eigenvalue weighted by atomic mass is 15.3. The van der Waals surface area contributed by atoms with E-state index >= 15 is 0 Å². The third-order valence-corrected chi connectivity index (χ3v) is 2.64. The van der Waals surface area contributed by atoms with Gasteiger partial charge in [0.15, 0.2) is 11.5 Å². The van der Waals surface area contributed by atoms with Crippen molar-refractivity contribution in [3.63, 3.8) is 0 Å². The molecule has 7 nitrogen and oxygen atoms in total. The summed E-state index contributed by atoms with van der Waals surface area (Å²) < 4.78 is 1.91. The topological polar surface area (TPSA) is 84.3 Å². The van der Waals surface area contributed by atoms with E-state index in [1.54, 1.807) is 12.5 Å². The number of rotatable bonds is 5. The summed E-state index contributed by atoms with van der Waals surface area (Å²) in [7, 11) is 0. The minimum atomic E-state index is 0.680. The third kappa shape index (κ3) is 2.15. The molecular formula is C11H13N7. The number of imidazole rings is 1. The average molecular weight is 243 g/mol. The Morgan fingerprint density at radius 3 is 3.17 bits per heavy atom. The van der Waals surface area contributed by atoms with Gasteiger partial charge in [-0.05, 0) is 12.5 Å². The molecule has 0 unspecified atom stereocenters. The van der Waals surface area contributed by atoms with E-state index in [4.69, 9.17) is 0 Å². The normalized spacial score (nSPS) is 10.9. The number of aromatic nitrogens is 6. The first kappa shape index (κ1) is 10.7. The van der Waals surface area contributed by atoms with Crippen molar-refractivity contribution in [2.45, 2.75) is 13.0 Å². The number of anilines is 1. The molecule has 0 aliphatic heterocycles. The van der Waals surface area contributed by atoms with E-state index in [1.807, 2.05) is 16.9 Å². The molecule has 92 valence electrons. The first-order valence-electron chi connectivity index (χ1n) is 5.79. The molecule has 0 aliphatic carbocycles. The summed E-state index contributed by atoms with van der Waals surface area (Å²) in [4.78, 5) is 15.4. The number of H-pyrrole nitrogens is 1. The van der Waals surface area contributed by atoms with Gasteiger partial charge in [-0.15, -0.1) is 0 Å². The molecule has 3 aromatic rings. The number of aryl methyl sites for hydroxylation is 1. The van der Waals surface area contributed by atoms with E-state index in [0.717, 1.165) is 30.8 Å². The van der Waals surface area contributed by atoms with Crippen LogP contribution in [-0.4, -0.2) is 36.3 Å². The van der Waals surface area contributed by atoms with Crippen LogP contribution in [0, 0.1) is 0 Å². The summed E-state index contributed by atoms with van der Waals surface area (Å²) in [6, 6.07) is 1.92. The van der Waals surface area contributed by atoms with Crippen molar-refractivity contribution in [3.05, 3.63) is 31.1 Å². The van der Waals surface area contributed by atoms with Crippen molar-refractivity contribution in [3.8, 4) is 0 Å². The van der Waals surface area contributed by atoms with E-state index in [9.17, 15) is 0 Å². The maximum Gasteiger partial charge on any atom is 0.182 e. The van der Waals surface area contributed by atoms with Gasteiger partial charge >= 0.3 is 0 Å². The van der Waals surface area contributed by atoms with E-state index < -0.39 is 0 Å². The highest BCUT2D eigenvalue weighted by Gasteiger charge is 2.04. The smallest absolute Gasteiger partial charge is 0.182 e. The fraction of sp³-hybridized carbons (Fsp3) is 0.273. The molecule has 2 N–H and O–H groups in total. The van der Waals surface area contributed by atoms with Crippen molar-refractivity contribution in [1.82, 2.24) is 29.7 Å². The van der Waals surface area contributed by atoms with Crippen LogP contribution in [0.15, 0.2) is 31.1 Å². The van der Waals surface area contributed by atoms with Crippen LogP contribution < -0.4 is 5.32 Å². The lowest BCUT2D eigenvalue weighted by molar-refractivity contribution is 0.591. The van der Waals surface area contributed by atoms with E-state index in [1.165, 1.54) is 6.33 Å². The number of nitrogens with one attached hydrogen (secondary N) is 2. The zero-order chi connectivity index (χ0) is 12.2. The molecular weight excluding hydrogens is 230 g/mol. The SMILES string of the molecule is c1cnn(CCCNc2ncnc3nc[nH]c23)c1. The minimum absolute atomic E-state index is 0.680. The second kappa shape index (κ2) is 4.82. The van der Waals surface area contributed by atoms with Crippen LogP contribution in [-0.2, 0) is 6.54 Å². The summed E-state index contributed by atoms with van der Waals surface area (Å²) >= 11 is 0. The molecule has 0 saturated heterocycles. The van der Waals surface area contributed by atoms with Crippen molar-refractivity contribution >= 4 is 17.0 Å². The molecule has 0 atom stereocenters. The molecule has 0 fully saturated rings. The van der Waals surface area contributed by atoms with E-state index in [0.29, 0.717) is 5.65 Å². The van der Waals surface area contributed by atoms with Gasteiger partial charge in [0.25, 0.3) is 0 Å². The quantitative estimate of drug-likeness (QED) is 0.654. The lowest BCUT2D eigenvalue weighted by Gasteiger charge is -2.05. The lowest BCUT2D eigenvalue weighted by Crippen LogP contribution is -2.08. The predicted molar refractivity (Wildman–Crippen MR) is 67.0 cm³/mol. The van der Waals surface area contributed by atoms with Gasteiger partial charge in [-0.2, -0.15) is 5.10 Å². The van der Waals surface area contributed by atoms with Crippen LogP contribution in [0.4, 0.5) is 5.82 Å². The highest BCUT2D eigenvalue weighted by molar-refractivity contribution is 5.81. The van der Waals surface area contributed by atoms with Gasteiger partial charge < -0.3 is 10.3 Å². The number of fused-ring (bicyclic) bond motifs is 1. The van der Waals surface area contributed by atoms with Gasteiger partial charge in [0.2, 0.25) is 0 Å². The standard InChI is InChI=1S/C11H13N7/c1(5-18-6-2-4-17-18)3-12-10-9-11(14-7-13-9)16-8-15-10/h2,4,6-8H,1,3,5H2,(H2,12,13,14,15,16). The van der Waals surface area contributed by atoms with E-state index in [2.05, 4.69) is 30.4 Å². The maximum atomic E-state index is 4.20. The predicted octanol–water partition coefficient (Wildman–Crippen LogP) is 1.05. The molecule has 18 heavy (non-hydrogen) atoms. The summed E-state index contributed by atoms with van der Waals surface area (Å²) in [6.07, 6.45) is 7.85. The van der Waals surface area contributed by atoms with Crippen molar-refractivity contribution < 1.29 is 0 Å². The van der Waals surface area contributed by atoms with Gasteiger partial charge in [-0.25, -0.2) is 15.0 Å². The first-order chi connectivity index (χ1) is 8.93. The zero-order valence-corrected chi connectivity index (χ0v) is 9.74. The highest BCUT2D eigenvalue weighted by Crippen LogP contribution is 2.13. The molecule has 0 radical (unpaired) electrons. The molecule has 0 aliphatic rings. The van der Waals surface area contributed by atoms with Gasteiger partial charge in [0, 0.05) is 25.5 Å². The van der Waals surface area contributed by atoms with Crippen molar-refractivity contribution in [1.29, 1.82) is 0 Å². The Morgan fingerprint density at radius 1 is 1.28 bits per heavy atom. The fourth-order valence-corrected chi connectivity index (χ4v) is 1.78. The van der Waals surface area contributed by atoms with Crippen LogP contribution >= 0.6 is 0 Å². The summed E-state index contributed by atoms with van der Waals surface area (Å²) in [6.45, 7) is 1.71. The second-order valence-electron chi connectivity index (χ2n) is 3.87. The molecule has 0 amide bonds. The number of nitrogens with zero attached hydrogens (tertiary/aromatic N) is 5. The van der Waals surface area contributed by atoms with Gasteiger partial charge in [-0.1, -0.05) is 0 Å². The first-order valence-corrected chi connectivity index (χ1v) is 5.79. The fourth-order valence-electron chi connectivity index (χ4n) is 1.78. The number of hydrogen-bond donors (Lipinski definition) is 2. The molecule has 0 aromatic carbocycles. The van der Waals surface area contributed by atoms with Crippen LogP contribution in [0.5, 0.6) is 0 Å². The third-order valence-electron chi connectivity index (χ3n) is 2.64. The molecule has 0 bridgehead atoms. The Balaban J connectivity index is 1.58. The Labute approximate surface area is 103 Å². The van der Waals surface area contributed by atoms with Gasteiger partial charge in [-0.3, -0.25) is 4.68 Å². The number of aromatic amines is 1. The maximum absolute atomic E-state index is 4.20. The molecule has 3 aromatic heterocycles. The number of hydrogen-bond acceptors (Lipinski definition) is 5. The Morgan fingerprint density at radius 2 is 2.28 bits per heavy atom. The Bertz CT molecular complexity index is 613. The van der Waals surface area contributed by atoms with Gasteiger partial charge in [0.05, 0.1) is 6.33 Å². The van der Waals surface area contributed by atoms with Crippen LogP contribution in [0.25, 0.3) is 11.2 Å². The van der Waals surface area contributed by atoms with Crippen LogP contribution in [0.2, 0.25) is 0 Å². The largest absolute Gasteiger partial charge is 0.368 e. The monoisotopic (exact) mass is 243 g/mol. The van der Waals surface area contributed by atoms with Crippen molar-refractivity contribution in [2.24, 2.45) is 0 Å².